The van der Waals surface area contributed by atoms with E-state index in [4.69, 9.17) is 0 Å². The molecule has 0 radical (unpaired) electrons. The van der Waals surface area contributed by atoms with Crippen molar-refractivity contribution in [2.24, 2.45) is 0 Å². The van der Waals surface area contributed by atoms with Crippen molar-refractivity contribution in [3.63, 3.8) is 0 Å². The van der Waals surface area contributed by atoms with Crippen LogP contribution in [0, 0.1) is 0 Å². The minimum Gasteiger partial charge on any atom is -0.344 e. The molecule has 3 heterocycles. The maximum Gasteiger partial charge on any atom is 0.245 e. The summed E-state index contributed by atoms with van der Waals surface area (Å²) in [5.41, 5.74) is 0.937. The summed E-state index contributed by atoms with van der Waals surface area (Å²) in [6.45, 7) is 2.71. The number of carbonyl (C=O) groups excluding carboxylic acids is 1. The summed E-state index contributed by atoms with van der Waals surface area (Å²) in [6.07, 6.45) is 5.84. The van der Waals surface area contributed by atoms with Gasteiger partial charge in [0.15, 0.2) is 0 Å². The number of amides is 1. The fraction of sp³-hybridized carbons (Fsp3) is 0.471. The Bertz CT molecular complexity index is 691. The lowest BCUT2D eigenvalue weighted by atomic mass is 10.1. The molecular weight excluding hydrogens is 276 g/mol. The van der Waals surface area contributed by atoms with Crippen LogP contribution in [0.15, 0.2) is 30.6 Å². The molecule has 0 saturated carbocycles. The van der Waals surface area contributed by atoms with Crippen LogP contribution in [0.1, 0.15) is 25.7 Å². The molecule has 2 saturated heterocycles. The fourth-order valence-corrected chi connectivity index (χ4v) is 3.64. The van der Waals surface area contributed by atoms with E-state index in [9.17, 15) is 4.79 Å². The highest BCUT2D eigenvalue weighted by Crippen LogP contribution is 2.30. The third-order valence-corrected chi connectivity index (χ3v) is 4.75. The molecule has 1 atom stereocenters. The first kappa shape index (κ1) is 13.5. The standard InChI is InChI=1S/C17H20N4O/c22-17(20-9-3-4-10-20)15-8-5-11-21(15)16-13-6-1-2-7-14(13)18-12-19-16/h1-2,6-7,12,15H,3-5,8-11H2. The number of para-hydroxylation sites is 1. The van der Waals surface area contributed by atoms with Crippen LogP contribution >= 0.6 is 0 Å². The SMILES string of the molecule is O=C(C1CCCN1c1ncnc2ccccc12)N1CCCC1. The molecule has 1 aromatic heterocycles. The lowest BCUT2D eigenvalue weighted by molar-refractivity contribution is -0.131. The van der Waals surface area contributed by atoms with E-state index in [0.29, 0.717) is 0 Å². The van der Waals surface area contributed by atoms with Gasteiger partial charge in [-0.05, 0) is 37.8 Å². The van der Waals surface area contributed by atoms with Crippen LogP contribution in [0.5, 0.6) is 0 Å². The Morgan fingerprint density at radius 2 is 1.86 bits per heavy atom. The van der Waals surface area contributed by atoms with Crippen LogP contribution in [-0.2, 0) is 4.79 Å². The maximum absolute atomic E-state index is 12.8. The second-order valence-corrected chi connectivity index (χ2v) is 6.10. The van der Waals surface area contributed by atoms with Crippen LogP contribution < -0.4 is 4.90 Å². The van der Waals surface area contributed by atoms with Crippen LogP contribution in [0.4, 0.5) is 5.82 Å². The number of anilines is 1. The molecule has 1 amide bonds. The summed E-state index contributed by atoms with van der Waals surface area (Å²) < 4.78 is 0. The molecule has 0 spiro atoms. The number of aromatic nitrogens is 2. The summed E-state index contributed by atoms with van der Waals surface area (Å²) in [5.74, 6) is 1.18. The Labute approximate surface area is 130 Å². The van der Waals surface area contributed by atoms with Crippen molar-refractivity contribution in [1.29, 1.82) is 0 Å². The summed E-state index contributed by atoms with van der Waals surface area (Å²) in [6, 6.07) is 7.96. The number of rotatable bonds is 2. The number of nitrogens with zero attached hydrogens (tertiary/aromatic N) is 4. The van der Waals surface area contributed by atoms with Gasteiger partial charge in [0.25, 0.3) is 0 Å². The van der Waals surface area contributed by atoms with Crippen molar-refractivity contribution in [1.82, 2.24) is 14.9 Å². The van der Waals surface area contributed by atoms with Gasteiger partial charge in [-0.15, -0.1) is 0 Å². The van der Waals surface area contributed by atoms with Gasteiger partial charge in [0.2, 0.25) is 5.91 Å². The number of hydrogen-bond acceptors (Lipinski definition) is 4. The molecule has 0 N–H and O–H groups in total. The Morgan fingerprint density at radius 3 is 2.73 bits per heavy atom. The predicted octanol–water partition coefficient (Wildman–Crippen LogP) is 2.22. The molecule has 0 bridgehead atoms. The first-order valence-corrected chi connectivity index (χ1v) is 8.10. The second kappa shape index (κ2) is 5.55. The monoisotopic (exact) mass is 296 g/mol. The lowest BCUT2D eigenvalue weighted by Crippen LogP contribution is -2.45. The third kappa shape index (κ3) is 2.21. The minimum atomic E-state index is -0.0589. The quantitative estimate of drug-likeness (QED) is 0.852. The highest BCUT2D eigenvalue weighted by atomic mass is 16.2. The van der Waals surface area contributed by atoms with Crippen molar-refractivity contribution in [3.8, 4) is 0 Å². The Balaban J connectivity index is 1.69. The largest absolute Gasteiger partial charge is 0.344 e. The van der Waals surface area contributed by atoms with Gasteiger partial charge in [-0.1, -0.05) is 12.1 Å². The van der Waals surface area contributed by atoms with Crippen molar-refractivity contribution in [2.45, 2.75) is 31.7 Å². The van der Waals surface area contributed by atoms with Crippen molar-refractivity contribution >= 4 is 22.6 Å². The average Bonchev–Trinajstić information content (AvgIpc) is 3.25. The highest BCUT2D eigenvalue weighted by Gasteiger charge is 2.35. The molecule has 0 aliphatic carbocycles. The van der Waals surface area contributed by atoms with E-state index >= 15 is 0 Å². The number of carbonyl (C=O) groups is 1. The van der Waals surface area contributed by atoms with E-state index in [1.807, 2.05) is 29.2 Å². The highest BCUT2D eigenvalue weighted by molar-refractivity contribution is 5.93. The molecule has 2 fully saturated rings. The third-order valence-electron chi connectivity index (χ3n) is 4.75. The molecule has 2 aliphatic rings. The van der Waals surface area contributed by atoms with Crippen molar-refractivity contribution in [3.05, 3.63) is 30.6 Å². The van der Waals surface area contributed by atoms with Crippen molar-refractivity contribution in [2.75, 3.05) is 24.5 Å². The van der Waals surface area contributed by atoms with E-state index in [1.165, 1.54) is 0 Å². The number of benzene rings is 1. The summed E-state index contributed by atoms with van der Waals surface area (Å²) in [4.78, 5) is 25.8. The molecule has 5 heteroatoms. The van der Waals surface area contributed by atoms with Gasteiger partial charge in [0.1, 0.15) is 18.2 Å². The zero-order chi connectivity index (χ0) is 14.9. The van der Waals surface area contributed by atoms with Gasteiger partial charge in [0.05, 0.1) is 5.52 Å². The van der Waals surface area contributed by atoms with E-state index in [1.54, 1.807) is 6.33 Å². The summed E-state index contributed by atoms with van der Waals surface area (Å²) in [5, 5.41) is 1.03. The van der Waals surface area contributed by atoms with Gasteiger partial charge in [-0.2, -0.15) is 0 Å². The normalized spacial score (nSPS) is 21.7. The molecule has 2 aliphatic heterocycles. The Kier molecular flexibility index (Phi) is 3.41. The molecule has 114 valence electrons. The summed E-state index contributed by atoms with van der Waals surface area (Å²) >= 11 is 0. The topological polar surface area (TPSA) is 49.3 Å². The molecule has 5 nitrogen and oxygen atoms in total. The van der Waals surface area contributed by atoms with Gasteiger partial charge >= 0.3 is 0 Å². The van der Waals surface area contributed by atoms with Crippen LogP contribution in [-0.4, -0.2) is 46.5 Å². The Hall–Kier alpha value is -2.17. The minimum absolute atomic E-state index is 0.0589. The van der Waals surface area contributed by atoms with Gasteiger partial charge in [-0.25, -0.2) is 9.97 Å². The average molecular weight is 296 g/mol. The van der Waals surface area contributed by atoms with E-state index in [-0.39, 0.29) is 11.9 Å². The molecule has 4 rings (SSSR count). The molecule has 1 aromatic carbocycles. The number of hydrogen-bond donors (Lipinski definition) is 0. The smallest absolute Gasteiger partial charge is 0.245 e. The van der Waals surface area contributed by atoms with Gasteiger partial charge in [-0.3, -0.25) is 4.79 Å². The van der Waals surface area contributed by atoms with Crippen LogP contribution in [0.25, 0.3) is 10.9 Å². The van der Waals surface area contributed by atoms with Crippen molar-refractivity contribution < 1.29 is 4.79 Å². The van der Waals surface area contributed by atoms with E-state index in [0.717, 1.165) is 62.0 Å². The molecule has 2 aromatic rings. The number of fused-ring (bicyclic) bond motifs is 1. The zero-order valence-corrected chi connectivity index (χ0v) is 12.6. The first-order valence-electron chi connectivity index (χ1n) is 8.10. The van der Waals surface area contributed by atoms with Crippen LogP contribution in [0.3, 0.4) is 0 Å². The van der Waals surface area contributed by atoms with E-state index < -0.39 is 0 Å². The lowest BCUT2D eigenvalue weighted by Gasteiger charge is -2.29. The number of likely N-dealkylation sites (tertiary alicyclic amines) is 1. The second-order valence-electron chi connectivity index (χ2n) is 6.10. The molecule has 1 unspecified atom stereocenters. The Morgan fingerprint density at radius 1 is 1.05 bits per heavy atom. The van der Waals surface area contributed by atoms with Gasteiger partial charge in [0, 0.05) is 25.0 Å². The van der Waals surface area contributed by atoms with Crippen LogP contribution in [0.2, 0.25) is 0 Å². The fourth-order valence-electron chi connectivity index (χ4n) is 3.64. The zero-order valence-electron chi connectivity index (χ0n) is 12.6. The summed E-state index contributed by atoms with van der Waals surface area (Å²) in [7, 11) is 0. The first-order chi connectivity index (χ1) is 10.8. The predicted molar refractivity (Wildman–Crippen MR) is 85.7 cm³/mol. The molecular formula is C17H20N4O. The molecule has 22 heavy (non-hydrogen) atoms. The maximum atomic E-state index is 12.8. The van der Waals surface area contributed by atoms with E-state index in [2.05, 4.69) is 14.9 Å². The van der Waals surface area contributed by atoms with Gasteiger partial charge < -0.3 is 9.80 Å².